The third kappa shape index (κ3) is 3.18. The minimum Gasteiger partial charge on any atom is -0.371 e. The number of nitrogens with zero attached hydrogens (tertiary/aromatic N) is 1. The molecule has 1 aliphatic heterocycles. The second kappa shape index (κ2) is 6.44. The summed E-state index contributed by atoms with van der Waals surface area (Å²) in [4.78, 5) is 2.49. The van der Waals surface area contributed by atoms with Gasteiger partial charge in [0.2, 0.25) is 0 Å². The monoisotopic (exact) mass is 266 g/mol. The lowest BCUT2D eigenvalue weighted by atomic mass is 9.94. The normalized spacial score (nSPS) is 20.2. The molecule has 100 valence electrons. The lowest BCUT2D eigenvalue weighted by molar-refractivity contribution is 0.404. The van der Waals surface area contributed by atoms with Gasteiger partial charge in [-0.2, -0.15) is 0 Å². The summed E-state index contributed by atoms with van der Waals surface area (Å²) in [7, 11) is 0. The number of benzene rings is 1. The van der Waals surface area contributed by atoms with Gasteiger partial charge in [-0.3, -0.25) is 0 Å². The molecular weight excluding hydrogens is 244 g/mol. The van der Waals surface area contributed by atoms with Gasteiger partial charge in [-0.05, 0) is 49.4 Å². The van der Waals surface area contributed by atoms with Gasteiger partial charge in [0.15, 0.2) is 0 Å². The Kier molecular flexibility index (Phi) is 4.90. The lowest BCUT2D eigenvalue weighted by Crippen LogP contribution is -2.35. The van der Waals surface area contributed by atoms with E-state index in [1.807, 2.05) is 6.07 Å². The molecule has 0 amide bonds. The van der Waals surface area contributed by atoms with Crippen LogP contribution in [-0.2, 0) is 6.42 Å². The van der Waals surface area contributed by atoms with Crippen LogP contribution < -0.4 is 10.6 Å². The average molecular weight is 267 g/mol. The van der Waals surface area contributed by atoms with Crippen molar-refractivity contribution in [3.8, 4) is 0 Å². The van der Waals surface area contributed by atoms with Crippen molar-refractivity contribution in [2.24, 2.45) is 11.7 Å². The molecular formula is C15H23ClN2. The van der Waals surface area contributed by atoms with Gasteiger partial charge in [0.25, 0.3) is 0 Å². The van der Waals surface area contributed by atoms with Gasteiger partial charge in [-0.25, -0.2) is 0 Å². The van der Waals surface area contributed by atoms with E-state index in [2.05, 4.69) is 24.0 Å². The molecule has 1 heterocycles. The highest BCUT2D eigenvalue weighted by atomic mass is 35.5. The van der Waals surface area contributed by atoms with Gasteiger partial charge in [0, 0.05) is 23.8 Å². The first-order valence-corrected chi connectivity index (χ1v) is 7.35. The molecule has 1 saturated heterocycles. The van der Waals surface area contributed by atoms with Crippen LogP contribution in [0, 0.1) is 5.92 Å². The minimum atomic E-state index is 0.694. The summed E-state index contributed by atoms with van der Waals surface area (Å²) in [5, 5.41) is 0.824. The SMILES string of the molecule is CCC1CCCN(c2cc(Cl)ccc2CCN)C1. The second-order valence-electron chi connectivity index (χ2n) is 5.17. The topological polar surface area (TPSA) is 29.3 Å². The number of nitrogens with two attached hydrogens (primary N) is 1. The predicted molar refractivity (Wildman–Crippen MR) is 79.4 cm³/mol. The van der Waals surface area contributed by atoms with E-state index in [9.17, 15) is 0 Å². The van der Waals surface area contributed by atoms with Gasteiger partial charge in [-0.15, -0.1) is 0 Å². The number of anilines is 1. The van der Waals surface area contributed by atoms with Crippen LogP contribution in [0.3, 0.4) is 0 Å². The predicted octanol–water partition coefficient (Wildman–Crippen LogP) is 3.47. The summed E-state index contributed by atoms with van der Waals surface area (Å²) in [6.45, 7) is 5.29. The van der Waals surface area contributed by atoms with Crippen LogP contribution >= 0.6 is 11.6 Å². The highest BCUT2D eigenvalue weighted by Crippen LogP contribution is 2.30. The highest BCUT2D eigenvalue weighted by Gasteiger charge is 2.20. The lowest BCUT2D eigenvalue weighted by Gasteiger charge is -2.35. The molecule has 2 nitrogen and oxygen atoms in total. The van der Waals surface area contributed by atoms with Gasteiger partial charge < -0.3 is 10.6 Å². The maximum Gasteiger partial charge on any atom is 0.0426 e. The molecule has 1 aromatic carbocycles. The standard InChI is InChI=1S/C15H23ClN2/c1-2-12-4-3-9-18(11-12)15-10-14(16)6-5-13(15)7-8-17/h5-6,10,12H,2-4,7-9,11,17H2,1H3. The Morgan fingerprint density at radius 1 is 1.44 bits per heavy atom. The van der Waals surface area contributed by atoms with Crippen LogP contribution in [0.1, 0.15) is 31.7 Å². The number of halogens is 1. The molecule has 1 atom stereocenters. The van der Waals surface area contributed by atoms with E-state index < -0.39 is 0 Å². The third-order valence-electron chi connectivity index (χ3n) is 3.90. The van der Waals surface area contributed by atoms with Crippen LogP contribution in [0.4, 0.5) is 5.69 Å². The van der Waals surface area contributed by atoms with Crippen molar-refractivity contribution >= 4 is 17.3 Å². The smallest absolute Gasteiger partial charge is 0.0426 e. The molecule has 18 heavy (non-hydrogen) atoms. The molecule has 0 aromatic heterocycles. The maximum atomic E-state index is 6.15. The zero-order valence-electron chi connectivity index (χ0n) is 11.2. The number of hydrogen-bond donors (Lipinski definition) is 1. The summed E-state index contributed by atoms with van der Waals surface area (Å²) in [5.41, 5.74) is 8.33. The van der Waals surface area contributed by atoms with Crippen molar-refractivity contribution in [3.63, 3.8) is 0 Å². The molecule has 2 N–H and O–H groups in total. The molecule has 3 heteroatoms. The number of rotatable bonds is 4. The fourth-order valence-corrected chi connectivity index (χ4v) is 2.98. The number of piperidine rings is 1. The molecule has 0 aliphatic carbocycles. The molecule has 0 radical (unpaired) electrons. The highest BCUT2D eigenvalue weighted by molar-refractivity contribution is 6.30. The summed E-state index contributed by atoms with van der Waals surface area (Å²) >= 11 is 6.15. The van der Waals surface area contributed by atoms with Crippen LogP contribution in [0.25, 0.3) is 0 Å². The maximum absolute atomic E-state index is 6.15. The van der Waals surface area contributed by atoms with Gasteiger partial charge in [0.1, 0.15) is 0 Å². The van der Waals surface area contributed by atoms with Crippen molar-refractivity contribution in [1.82, 2.24) is 0 Å². The first-order chi connectivity index (χ1) is 8.74. The largest absolute Gasteiger partial charge is 0.371 e. The quantitative estimate of drug-likeness (QED) is 0.904. The molecule has 0 saturated carbocycles. The Morgan fingerprint density at radius 3 is 3.00 bits per heavy atom. The second-order valence-corrected chi connectivity index (χ2v) is 5.61. The van der Waals surface area contributed by atoms with Gasteiger partial charge in [0.05, 0.1) is 0 Å². The summed E-state index contributed by atoms with van der Waals surface area (Å²) in [6.07, 6.45) is 4.84. The van der Waals surface area contributed by atoms with E-state index in [4.69, 9.17) is 17.3 Å². The average Bonchev–Trinajstić information content (AvgIpc) is 2.41. The number of hydrogen-bond acceptors (Lipinski definition) is 2. The molecule has 1 fully saturated rings. The van der Waals surface area contributed by atoms with E-state index in [-0.39, 0.29) is 0 Å². The van der Waals surface area contributed by atoms with Crippen LogP contribution in [0.15, 0.2) is 18.2 Å². The fourth-order valence-electron chi connectivity index (χ4n) is 2.82. The van der Waals surface area contributed by atoms with Crippen molar-refractivity contribution in [1.29, 1.82) is 0 Å². The van der Waals surface area contributed by atoms with Crippen molar-refractivity contribution in [2.75, 3.05) is 24.5 Å². The van der Waals surface area contributed by atoms with Crippen LogP contribution in [0.2, 0.25) is 5.02 Å². The van der Waals surface area contributed by atoms with Crippen LogP contribution in [-0.4, -0.2) is 19.6 Å². The zero-order valence-corrected chi connectivity index (χ0v) is 11.9. The third-order valence-corrected chi connectivity index (χ3v) is 4.13. The van der Waals surface area contributed by atoms with Gasteiger partial charge in [-0.1, -0.05) is 31.0 Å². The van der Waals surface area contributed by atoms with E-state index in [1.165, 1.54) is 30.5 Å². The fraction of sp³-hybridized carbons (Fsp3) is 0.600. The Hall–Kier alpha value is -0.730. The Morgan fingerprint density at radius 2 is 2.28 bits per heavy atom. The zero-order chi connectivity index (χ0) is 13.0. The van der Waals surface area contributed by atoms with E-state index in [0.29, 0.717) is 6.54 Å². The van der Waals surface area contributed by atoms with E-state index in [0.717, 1.165) is 30.5 Å². The molecule has 1 aliphatic rings. The first kappa shape index (κ1) is 13.7. The summed E-state index contributed by atoms with van der Waals surface area (Å²) in [5.74, 6) is 0.823. The Bertz CT molecular complexity index is 392. The summed E-state index contributed by atoms with van der Waals surface area (Å²) in [6, 6.07) is 6.20. The van der Waals surface area contributed by atoms with Crippen LogP contribution in [0.5, 0.6) is 0 Å². The van der Waals surface area contributed by atoms with E-state index in [1.54, 1.807) is 0 Å². The van der Waals surface area contributed by atoms with Crippen molar-refractivity contribution in [2.45, 2.75) is 32.6 Å². The molecule has 1 aromatic rings. The molecule has 1 unspecified atom stereocenters. The van der Waals surface area contributed by atoms with Crippen molar-refractivity contribution < 1.29 is 0 Å². The molecule has 2 rings (SSSR count). The molecule has 0 spiro atoms. The Balaban J connectivity index is 2.22. The van der Waals surface area contributed by atoms with Gasteiger partial charge >= 0.3 is 0 Å². The summed E-state index contributed by atoms with van der Waals surface area (Å²) < 4.78 is 0. The Labute approximate surface area is 115 Å². The van der Waals surface area contributed by atoms with E-state index >= 15 is 0 Å². The molecule has 0 bridgehead atoms. The van der Waals surface area contributed by atoms with Crippen molar-refractivity contribution in [3.05, 3.63) is 28.8 Å². The first-order valence-electron chi connectivity index (χ1n) is 6.98. The minimum absolute atomic E-state index is 0.694.